The van der Waals surface area contributed by atoms with Gasteiger partial charge in [-0.1, -0.05) is 12.1 Å². The fourth-order valence-electron chi connectivity index (χ4n) is 8.51. The summed E-state index contributed by atoms with van der Waals surface area (Å²) in [5.74, 6) is 3.09. The van der Waals surface area contributed by atoms with Gasteiger partial charge in [-0.2, -0.15) is 0 Å². The molecule has 0 unspecified atom stereocenters. The van der Waals surface area contributed by atoms with Crippen LogP contribution in [-0.4, -0.2) is 87.5 Å². The molecule has 3 aromatic rings. The first-order valence-electron chi connectivity index (χ1n) is 18.8. The van der Waals surface area contributed by atoms with E-state index in [1.165, 1.54) is 12.8 Å². The van der Waals surface area contributed by atoms with Crippen LogP contribution in [0.15, 0.2) is 59.7 Å². The Labute approximate surface area is 309 Å². The molecule has 9 rings (SSSR count). The summed E-state index contributed by atoms with van der Waals surface area (Å²) < 4.78 is 29.4. The van der Waals surface area contributed by atoms with Crippen LogP contribution in [0, 0.1) is 10.8 Å². The number of hydrogen-bond donors (Lipinski definition) is 1. The van der Waals surface area contributed by atoms with Crippen LogP contribution in [0.2, 0.25) is 0 Å². The molecule has 2 atom stereocenters. The number of nitrogens with one attached hydrogen (secondary N) is 1. The molecule has 0 aromatic heterocycles. The Bertz CT molecular complexity index is 2020. The summed E-state index contributed by atoms with van der Waals surface area (Å²) in [6, 6.07) is 15.4. The summed E-state index contributed by atoms with van der Waals surface area (Å²) in [7, 11) is 4.87. The third-order valence-electron chi connectivity index (χ3n) is 12.2. The molecule has 6 aliphatic rings. The highest BCUT2D eigenvalue weighted by molar-refractivity contribution is 6.04. The molecule has 2 saturated carbocycles. The van der Waals surface area contributed by atoms with Gasteiger partial charge in [-0.3, -0.25) is 14.6 Å². The van der Waals surface area contributed by atoms with E-state index in [9.17, 15) is 9.59 Å². The van der Waals surface area contributed by atoms with Crippen LogP contribution in [0.3, 0.4) is 0 Å². The standard InChI is InChI=1S/C42H46N4O7/c1-49-30-7-5-26(6-8-30)27-15-28-21-43-34-19-38(36(51-3)16-31(34)39(47)45(28)23-27)53-25-41(10-11-41)9-4-14-52-37-18-33-32(17-35(37)50-2)40(48)46-24-42(12-13-42)20-29(46)22-44-33/h5-8,16-19,22-23,28-29,43H,4,9-15,20-21,24-25H2,1-3H3/t28-,29-/m0/s1. The number of benzene rings is 3. The van der Waals surface area contributed by atoms with Crippen LogP contribution in [-0.2, 0) is 0 Å². The van der Waals surface area contributed by atoms with Gasteiger partial charge in [0, 0.05) is 43.1 Å². The van der Waals surface area contributed by atoms with Gasteiger partial charge in [-0.15, -0.1) is 0 Å². The molecular weight excluding hydrogens is 672 g/mol. The average Bonchev–Trinajstić information content (AvgIpc) is 4.07. The predicted molar refractivity (Wildman–Crippen MR) is 201 cm³/mol. The first-order valence-corrected chi connectivity index (χ1v) is 18.8. The fourth-order valence-corrected chi connectivity index (χ4v) is 8.51. The van der Waals surface area contributed by atoms with Crippen molar-refractivity contribution in [3.63, 3.8) is 0 Å². The van der Waals surface area contributed by atoms with Gasteiger partial charge >= 0.3 is 0 Å². The van der Waals surface area contributed by atoms with Crippen molar-refractivity contribution in [2.45, 2.75) is 63.5 Å². The van der Waals surface area contributed by atoms with Crippen molar-refractivity contribution >= 4 is 35.0 Å². The lowest BCUT2D eigenvalue weighted by molar-refractivity contribution is 0.0765. The molecule has 4 aliphatic heterocycles. The second-order valence-corrected chi connectivity index (χ2v) is 15.6. The topological polar surface area (TPSA) is 111 Å². The third-order valence-corrected chi connectivity index (χ3v) is 12.2. The van der Waals surface area contributed by atoms with Gasteiger partial charge in [-0.25, -0.2) is 0 Å². The molecule has 0 radical (unpaired) electrons. The van der Waals surface area contributed by atoms with E-state index in [1.807, 2.05) is 58.6 Å². The Balaban J connectivity index is 0.823. The Morgan fingerprint density at radius 1 is 0.849 bits per heavy atom. The van der Waals surface area contributed by atoms with E-state index in [0.29, 0.717) is 65.0 Å². The number of rotatable bonds is 12. The predicted octanol–water partition coefficient (Wildman–Crippen LogP) is 7.12. The zero-order valence-electron chi connectivity index (χ0n) is 30.6. The smallest absolute Gasteiger partial charge is 0.260 e. The summed E-state index contributed by atoms with van der Waals surface area (Å²) in [5, 5.41) is 3.52. The maximum Gasteiger partial charge on any atom is 0.260 e. The Morgan fingerprint density at radius 2 is 1.60 bits per heavy atom. The summed E-state index contributed by atoms with van der Waals surface area (Å²) in [4.78, 5) is 35.9. The minimum atomic E-state index is -0.0571. The van der Waals surface area contributed by atoms with E-state index in [1.54, 1.807) is 33.5 Å². The maximum absolute atomic E-state index is 13.8. The van der Waals surface area contributed by atoms with Crippen molar-refractivity contribution in [2.75, 3.05) is 52.9 Å². The molecule has 11 heteroatoms. The van der Waals surface area contributed by atoms with Crippen molar-refractivity contribution in [1.29, 1.82) is 0 Å². The van der Waals surface area contributed by atoms with Crippen LogP contribution < -0.4 is 29.0 Å². The Morgan fingerprint density at radius 3 is 2.32 bits per heavy atom. The van der Waals surface area contributed by atoms with E-state index in [0.717, 1.165) is 67.6 Å². The van der Waals surface area contributed by atoms with Crippen molar-refractivity contribution in [3.05, 3.63) is 71.4 Å². The second-order valence-electron chi connectivity index (χ2n) is 15.6. The number of aliphatic imine (C=N–C) groups is 1. The quantitative estimate of drug-likeness (QED) is 0.197. The molecule has 3 fully saturated rings. The molecular formula is C42H46N4O7. The molecule has 4 heterocycles. The van der Waals surface area contributed by atoms with Crippen LogP contribution in [0.4, 0.5) is 11.4 Å². The third kappa shape index (κ3) is 6.23. The van der Waals surface area contributed by atoms with Gasteiger partial charge in [-0.05, 0) is 92.2 Å². The van der Waals surface area contributed by atoms with Crippen molar-refractivity contribution < 1.29 is 33.3 Å². The fraction of sp³-hybridized carbons (Fsp3) is 0.452. The number of carbonyl (C=O) groups excluding carboxylic acids is 2. The number of amides is 2. The average molecular weight is 719 g/mol. The van der Waals surface area contributed by atoms with E-state index >= 15 is 0 Å². The number of carbonyl (C=O) groups is 2. The van der Waals surface area contributed by atoms with Gasteiger partial charge < -0.3 is 38.8 Å². The first-order chi connectivity index (χ1) is 25.8. The maximum atomic E-state index is 13.8. The minimum absolute atomic E-state index is 0.00729. The van der Waals surface area contributed by atoms with Crippen LogP contribution >= 0.6 is 0 Å². The lowest BCUT2D eigenvalue weighted by Gasteiger charge is -2.21. The molecule has 0 bridgehead atoms. The van der Waals surface area contributed by atoms with Crippen molar-refractivity contribution in [2.24, 2.45) is 15.8 Å². The van der Waals surface area contributed by atoms with Crippen LogP contribution in [0.25, 0.3) is 5.57 Å². The molecule has 1 saturated heterocycles. The number of methoxy groups -OCH3 is 3. The van der Waals surface area contributed by atoms with Crippen molar-refractivity contribution in [1.82, 2.24) is 9.80 Å². The molecule has 1 spiro atoms. The van der Waals surface area contributed by atoms with E-state index in [4.69, 9.17) is 28.7 Å². The van der Waals surface area contributed by atoms with Gasteiger partial charge in [0.15, 0.2) is 23.0 Å². The monoisotopic (exact) mass is 718 g/mol. The lowest BCUT2D eigenvalue weighted by Crippen LogP contribution is -2.35. The normalized spacial score (nSPS) is 22.4. The van der Waals surface area contributed by atoms with E-state index in [-0.39, 0.29) is 29.3 Å². The summed E-state index contributed by atoms with van der Waals surface area (Å²) >= 11 is 0. The second kappa shape index (κ2) is 13.0. The molecule has 2 aliphatic carbocycles. The van der Waals surface area contributed by atoms with Gasteiger partial charge in [0.2, 0.25) is 0 Å². The molecule has 1 N–H and O–H groups in total. The van der Waals surface area contributed by atoms with Crippen LogP contribution in [0.1, 0.15) is 77.6 Å². The summed E-state index contributed by atoms with van der Waals surface area (Å²) in [6.45, 7) is 2.50. The van der Waals surface area contributed by atoms with Gasteiger partial charge in [0.1, 0.15) is 5.75 Å². The Kier molecular flexibility index (Phi) is 8.27. The number of anilines is 1. The molecule has 276 valence electrons. The minimum Gasteiger partial charge on any atom is -0.497 e. The summed E-state index contributed by atoms with van der Waals surface area (Å²) in [5.41, 5.74) is 5.12. The van der Waals surface area contributed by atoms with E-state index < -0.39 is 0 Å². The number of fused-ring (bicyclic) bond motifs is 4. The van der Waals surface area contributed by atoms with Crippen LogP contribution in [0.5, 0.6) is 28.7 Å². The highest BCUT2D eigenvalue weighted by Crippen LogP contribution is 2.55. The molecule has 53 heavy (non-hydrogen) atoms. The molecule has 2 amide bonds. The number of ether oxygens (including phenoxy) is 5. The lowest BCUT2D eigenvalue weighted by atomic mass is 10.0. The Hall–Kier alpha value is -5.19. The zero-order chi connectivity index (χ0) is 36.3. The zero-order valence-corrected chi connectivity index (χ0v) is 30.6. The van der Waals surface area contributed by atoms with Gasteiger partial charge in [0.05, 0.1) is 69.1 Å². The highest BCUT2D eigenvalue weighted by atomic mass is 16.5. The number of nitrogens with zero attached hydrogens (tertiary/aromatic N) is 3. The first kappa shape index (κ1) is 33.6. The highest BCUT2D eigenvalue weighted by Gasteiger charge is 2.53. The molecule has 3 aromatic carbocycles. The van der Waals surface area contributed by atoms with Crippen molar-refractivity contribution in [3.8, 4) is 28.7 Å². The van der Waals surface area contributed by atoms with Gasteiger partial charge in [0.25, 0.3) is 11.8 Å². The SMILES string of the molecule is COc1ccc(C2=CN3C(=O)c4cc(OC)c(OCC5(CCCOc6cc7c(cc6OC)C(=O)N6CC8(CC8)C[C@H]6C=N7)CC5)cc4NC[C@@H]3C2)cc1. The summed E-state index contributed by atoms with van der Waals surface area (Å²) in [6.07, 6.45) is 12.0. The largest absolute Gasteiger partial charge is 0.497 e. The molecule has 11 nitrogen and oxygen atoms in total. The van der Waals surface area contributed by atoms with E-state index in [2.05, 4.69) is 5.32 Å². The number of hydrogen-bond acceptors (Lipinski definition) is 9.